The smallest absolute Gasteiger partial charge is 0.332 e. The number of carboxylic acid groups (broad SMARTS) is 2. The molecule has 0 spiro atoms. The number of anilines is 3. The molecule has 5 aromatic carbocycles. The topological polar surface area (TPSA) is 118 Å². The number of fused-ring (bicyclic) bond motifs is 6. The van der Waals surface area contributed by atoms with Gasteiger partial charge in [0.05, 0.1) is 0 Å². The Labute approximate surface area is 416 Å². The summed E-state index contributed by atoms with van der Waals surface area (Å²) in [6.45, 7) is 7.55. The number of carbonyl (C=O) groups excluding carboxylic acids is 2. The number of imide groups is 1. The van der Waals surface area contributed by atoms with Crippen molar-refractivity contribution in [3.8, 4) is 32.7 Å². The predicted molar refractivity (Wildman–Crippen MR) is 282 cm³/mol. The number of hydrogen-bond acceptors (Lipinski definition) is 6. The van der Waals surface area contributed by atoms with Gasteiger partial charge in [-0.3, -0.25) is 19.3 Å². The number of nitrogens with zero attached hydrogens (tertiary/aromatic N) is 3. The van der Waals surface area contributed by atoms with Crippen LogP contribution in [0.15, 0.2) is 127 Å². The lowest BCUT2D eigenvalue weighted by Gasteiger charge is -2.35. The Kier molecular flexibility index (Phi) is 14.0. The average molecular weight is 954 g/mol. The summed E-state index contributed by atoms with van der Waals surface area (Å²) in [6.07, 6.45) is 15.0. The molecule has 2 N–H and O–H groups in total. The van der Waals surface area contributed by atoms with E-state index in [0.717, 1.165) is 109 Å². The van der Waals surface area contributed by atoms with Crippen molar-refractivity contribution in [2.24, 2.45) is 0 Å². The van der Waals surface area contributed by atoms with Crippen molar-refractivity contribution in [3.63, 3.8) is 0 Å². The fourth-order valence-corrected chi connectivity index (χ4v) is 12.6. The summed E-state index contributed by atoms with van der Waals surface area (Å²) < 4.78 is 0. The number of unbranched alkanes of at least 4 members (excludes halogenated alkanes) is 4. The van der Waals surface area contributed by atoms with E-state index in [0.29, 0.717) is 9.78 Å². The van der Waals surface area contributed by atoms with Crippen LogP contribution >= 0.6 is 11.3 Å². The van der Waals surface area contributed by atoms with Crippen LogP contribution in [0.1, 0.15) is 132 Å². The Morgan fingerprint density at radius 1 is 0.543 bits per heavy atom. The molecule has 3 amide bonds. The molecular weight excluding hydrogens is 891 g/mol. The first kappa shape index (κ1) is 48.3. The molecule has 70 heavy (non-hydrogen) atoms. The van der Waals surface area contributed by atoms with Gasteiger partial charge in [0.15, 0.2) is 0 Å². The van der Waals surface area contributed by atoms with Gasteiger partial charge < -0.3 is 15.1 Å². The highest BCUT2D eigenvalue weighted by molar-refractivity contribution is 7.16. The van der Waals surface area contributed by atoms with E-state index in [1.807, 2.05) is 12.1 Å². The molecule has 9 rings (SSSR count). The van der Waals surface area contributed by atoms with Gasteiger partial charge in [-0.2, -0.15) is 0 Å². The molecule has 0 atom stereocenters. The van der Waals surface area contributed by atoms with Gasteiger partial charge in [0, 0.05) is 37.6 Å². The zero-order valence-corrected chi connectivity index (χ0v) is 41.6. The molecule has 1 aromatic heterocycles. The molecule has 2 heterocycles. The third kappa shape index (κ3) is 8.65. The van der Waals surface area contributed by atoms with Crippen molar-refractivity contribution < 1.29 is 29.4 Å². The average Bonchev–Trinajstić information content (AvgIpc) is 4.08. The molecule has 0 saturated carbocycles. The maximum absolute atomic E-state index is 13.3. The zero-order chi connectivity index (χ0) is 49.2. The van der Waals surface area contributed by atoms with Crippen LogP contribution in [0.2, 0.25) is 0 Å². The van der Waals surface area contributed by atoms with Crippen LogP contribution in [0, 0.1) is 0 Å². The van der Waals surface area contributed by atoms with E-state index in [9.17, 15) is 29.4 Å². The van der Waals surface area contributed by atoms with Crippen LogP contribution in [-0.2, 0) is 25.2 Å². The van der Waals surface area contributed by atoms with Crippen LogP contribution in [-0.4, -0.2) is 57.0 Å². The molecule has 360 valence electrons. The summed E-state index contributed by atoms with van der Waals surface area (Å²) in [5.74, 6) is -3.54. The van der Waals surface area contributed by atoms with Crippen LogP contribution in [0.3, 0.4) is 0 Å². The molecular formula is C60H63N3O6S. The monoisotopic (exact) mass is 953 g/mol. The van der Waals surface area contributed by atoms with Gasteiger partial charge in [-0.05, 0) is 130 Å². The summed E-state index contributed by atoms with van der Waals surface area (Å²) >= 11 is 1.40. The molecule has 0 unspecified atom stereocenters. The first-order chi connectivity index (χ1) is 34.0. The number of benzene rings is 5. The number of carboxylic acids is 2. The molecule has 6 aromatic rings. The van der Waals surface area contributed by atoms with E-state index in [4.69, 9.17) is 0 Å². The summed E-state index contributed by atoms with van der Waals surface area (Å²) in [5, 5.41) is 18.9. The third-order valence-corrected chi connectivity index (χ3v) is 16.0. The van der Waals surface area contributed by atoms with E-state index in [1.54, 1.807) is 0 Å². The Bertz CT molecular complexity index is 2850. The van der Waals surface area contributed by atoms with Crippen LogP contribution in [0.4, 0.5) is 21.9 Å². The van der Waals surface area contributed by atoms with E-state index in [2.05, 4.69) is 142 Å². The summed E-state index contributed by atoms with van der Waals surface area (Å²) in [4.78, 5) is 54.9. The zero-order valence-electron chi connectivity index (χ0n) is 40.8. The number of carbonyl (C=O) groups is 4. The molecule has 2 aliphatic carbocycles. The molecule has 1 aliphatic heterocycles. The van der Waals surface area contributed by atoms with Gasteiger partial charge in [0.2, 0.25) is 0 Å². The van der Waals surface area contributed by atoms with Crippen molar-refractivity contribution >= 4 is 58.4 Å². The minimum atomic E-state index is -1.37. The third-order valence-electron chi connectivity index (χ3n) is 15.0. The minimum absolute atomic E-state index is 0.0830. The molecule has 9 nitrogen and oxygen atoms in total. The number of rotatable bonds is 21. The molecule has 0 radical (unpaired) electrons. The molecule has 10 heteroatoms. The van der Waals surface area contributed by atoms with Crippen molar-refractivity contribution in [2.45, 2.75) is 116 Å². The van der Waals surface area contributed by atoms with Crippen molar-refractivity contribution in [2.75, 3.05) is 18.0 Å². The Morgan fingerprint density at radius 2 is 0.986 bits per heavy atom. The SMILES string of the molecule is CCCCC1(CCCC)c2ccccc2-c2ccc(N(c3ccc(-c4ccc(/C=C5\C(=O)N(CC(=O)O)C(=O)N5CC(=O)O)s4)cc3)c3ccc4c(c3)C(CCCC)(CCCC)c3ccccc3-4)cc21. The fourth-order valence-electron chi connectivity index (χ4n) is 11.6. The number of hydrogen-bond donors (Lipinski definition) is 2. The minimum Gasteiger partial charge on any atom is -0.480 e. The Morgan fingerprint density at radius 3 is 1.46 bits per heavy atom. The number of aliphatic carboxylic acids is 2. The quantitative estimate of drug-likeness (QED) is 0.0545. The summed E-state index contributed by atoms with van der Waals surface area (Å²) in [5.41, 5.74) is 15.0. The Hall–Kier alpha value is -6.78. The van der Waals surface area contributed by atoms with Crippen molar-refractivity contribution in [3.05, 3.63) is 154 Å². The molecule has 0 bridgehead atoms. The largest absolute Gasteiger partial charge is 0.480 e. The second-order valence-electron chi connectivity index (χ2n) is 19.3. The van der Waals surface area contributed by atoms with E-state index >= 15 is 0 Å². The molecule has 1 fully saturated rings. The second-order valence-corrected chi connectivity index (χ2v) is 20.4. The van der Waals surface area contributed by atoms with Gasteiger partial charge >= 0.3 is 18.0 Å². The Balaban J connectivity index is 1.16. The maximum atomic E-state index is 13.3. The van der Waals surface area contributed by atoms with Crippen LogP contribution in [0.5, 0.6) is 0 Å². The van der Waals surface area contributed by atoms with E-state index in [-0.39, 0.29) is 16.5 Å². The normalized spacial score (nSPS) is 15.6. The first-order valence-electron chi connectivity index (χ1n) is 25.3. The van der Waals surface area contributed by atoms with Gasteiger partial charge in [0.25, 0.3) is 5.91 Å². The van der Waals surface area contributed by atoms with Crippen molar-refractivity contribution in [1.29, 1.82) is 0 Å². The lowest BCUT2D eigenvalue weighted by molar-refractivity contribution is -0.140. The number of urea groups is 1. The molecule has 3 aliphatic rings. The van der Waals surface area contributed by atoms with Gasteiger partial charge in [-0.15, -0.1) is 11.3 Å². The highest BCUT2D eigenvalue weighted by atomic mass is 32.1. The number of thiophene rings is 1. The lowest BCUT2D eigenvalue weighted by atomic mass is 9.70. The summed E-state index contributed by atoms with van der Waals surface area (Å²) in [7, 11) is 0. The van der Waals surface area contributed by atoms with Gasteiger partial charge in [0.1, 0.15) is 18.8 Å². The standard InChI is InChI=1S/C60H63N3O6S/c1-5-9-31-59(32-10-6-2)49-19-15-13-17-45(49)47-28-25-42(35-51(47)59)63(43-26-29-48-46-18-14-16-20-50(46)60(33-11-7-3,34-12-8-4)52(48)36-43)41-23-21-40(22-24-41)54-30-27-44(70-54)37-53-57(68)62(39-56(66)67)58(69)61(53)38-55(64)65/h13-30,35-37H,5-12,31-34,38-39H2,1-4H3,(H,64,65)(H,66,67)/b53-37+. The molecule has 1 saturated heterocycles. The maximum Gasteiger partial charge on any atom is 0.332 e. The predicted octanol–water partition coefficient (Wildman–Crippen LogP) is 15.0. The highest BCUT2D eigenvalue weighted by Gasteiger charge is 2.45. The first-order valence-corrected chi connectivity index (χ1v) is 26.1. The number of amides is 3. The van der Waals surface area contributed by atoms with E-state index in [1.165, 1.54) is 61.9 Å². The second kappa shape index (κ2) is 20.3. The summed E-state index contributed by atoms with van der Waals surface area (Å²) in [6, 6.07) is 43.9. The van der Waals surface area contributed by atoms with E-state index < -0.39 is 37.0 Å². The highest BCUT2D eigenvalue weighted by Crippen LogP contribution is 2.58. The lowest BCUT2D eigenvalue weighted by Crippen LogP contribution is -2.38. The van der Waals surface area contributed by atoms with Gasteiger partial charge in [-0.1, -0.05) is 152 Å². The van der Waals surface area contributed by atoms with Gasteiger partial charge in [-0.25, -0.2) is 9.69 Å². The van der Waals surface area contributed by atoms with Crippen LogP contribution in [0.25, 0.3) is 38.8 Å². The van der Waals surface area contributed by atoms with Crippen molar-refractivity contribution in [1.82, 2.24) is 9.80 Å². The van der Waals surface area contributed by atoms with Crippen LogP contribution < -0.4 is 4.90 Å². The fraction of sp³-hybridized carbons (Fsp3) is 0.333.